The van der Waals surface area contributed by atoms with E-state index >= 15 is 0 Å². The monoisotopic (exact) mass is 144 g/mol. The molecule has 2 saturated heterocycles. The lowest BCUT2D eigenvalue weighted by Gasteiger charge is -2.28. The molecule has 2 aliphatic rings. The van der Waals surface area contributed by atoms with Gasteiger partial charge in [-0.05, 0) is 25.7 Å². The SMILES string of the molecule is OC1CCC2CCC1N2[OH2+]. The maximum absolute atomic E-state index is 9.40. The molecule has 2 aliphatic heterocycles. The third-order valence-corrected chi connectivity index (χ3v) is 2.79. The van der Waals surface area contributed by atoms with E-state index in [0.717, 1.165) is 25.7 Å². The molecule has 2 bridgehead atoms. The lowest BCUT2D eigenvalue weighted by atomic mass is 10.0. The molecule has 3 atom stereocenters. The van der Waals surface area contributed by atoms with Gasteiger partial charge in [-0.1, -0.05) is 5.06 Å². The Bertz CT molecular complexity index is 140. The molecule has 0 spiro atoms. The van der Waals surface area contributed by atoms with Gasteiger partial charge in [0.25, 0.3) is 0 Å². The molecule has 0 radical (unpaired) electrons. The van der Waals surface area contributed by atoms with E-state index in [1.165, 1.54) is 0 Å². The molecule has 10 heavy (non-hydrogen) atoms. The number of piperidine rings is 1. The molecule has 0 aromatic rings. The Morgan fingerprint density at radius 3 is 2.60 bits per heavy atom. The van der Waals surface area contributed by atoms with Crippen molar-refractivity contribution >= 4 is 0 Å². The van der Waals surface area contributed by atoms with Gasteiger partial charge in [-0.3, -0.25) is 0 Å². The van der Waals surface area contributed by atoms with Crippen molar-refractivity contribution in [1.29, 1.82) is 0 Å². The van der Waals surface area contributed by atoms with Gasteiger partial charge in [0.2, 0.25) is 0 Å². The highest BCUT2D eigenvalue weighted by atomic mass is 16.5. The normalized spacial score (nSPS) is 48.0. The summed E-state index contributed by atoms with van der Waals surface area (Å²) in [5.74, 6) is 0. The number of hydrogen-bond acceptors (Lipinski definition) is 2. The van der Waals surface area contributed by atoms with E-state index in [2.05, 4.69) is 0 Å². The minimum atomic E-state index is -0.226. The van der Waals surface area contributed by atoms with Crippen LogP contribution < -0.4 is 0 Å². The van der Waals surface area contributed by atoms with E-state index in [9.17, 15) is 5.11 Å². The first-order valence-electron chi connectivity index (χ1n) is 3.96. The molecule has 58 valence electrons. The summed E-state index contributed by atoms with van der Waals surface area (Å²) in [4.78, 5) is 0. The Kier molecular flexibility index (Phi) is 1.44. The summed E-state index contributed by atoms with van der Waals surface area (Å²) in [5.41, 5.74) is 0. The van der Waals surface area contributed by atoms with Crippen molar-refractivity contribution < 1.29 is 10.3 Å². The minimum Gasteiger partial charge on any atom is -0.391 e. The Labute approximate surface area is 60.2 Å². The van der Waals surface area contributed by atoms with Crippen molar-refractivity contribution in [2.75, 3.05) is 0 Å². The highest BCUT2D eigenvalue weighted by Gasteiger charge is 2.44. The zero-order valence-corrected chi connectivity index (χ0v) is 5.95. The van der Waals surface area contributed by atoms with Crippen molar-refractivity contribution in [3.05, 3.63) is 0 Å². The van der Waals surface area contributed by atoms with E-state index in [-0.39, 0.29) is 12.1 Å². The van der Waals surface area contributed by atoms with Crippen LogP contribution in [0, 0.1) is 0 Å². The fraction of sp³-hybridized carbons (Fsp3) is 1.00. The van der Waals surface area contributed by atoms with Crippen LogP contribution in [0.25, 0.3) is 0 Å². The number of fused-ring (bicyclic) bond motifs is 2. The zero-order chi connectivity index (χ0) is 7.14. The number of hydrogen-bond donors (Lipinski definition) is 1. The van der Waals surface area contributed by atoms with Crippen molar-refractivity contribution in [2.45, 2.75) is 43.9 Å². The maximum Gasteiger partial charge on any atom is 0.104 e. The third-order valence-electron chi connectivity index (χ3n) is 2.79. The summed E-state index contributed by atoms with van der Waals surface area (Å²) in [6, 6.07) is 0.604. The van der Waals surface area contributed by atoms with Crippen LogP contribution in [0.2, 0.25) is 0 Å². The largest absolute Gasteiger partial charge is 0.391 e. The second kappa shape index (κ2) is 2.19. The van der Waals surface area contributed by atoms with Crippen molar-refractivity contribution in [3.63, 3.8) is 0 Å². The van der Waals surface area contributed by atoms with Crippen LogP contribution in [0.3, 0.4) is 0 Å². The summed E-state index contributed by atoms with van der Waals surface area (Å²) in [5, 5.41) is 18.6. The van der Waals surface area contributed by atoms with Crippen LogP contribution in [0.1, 0.15) is 25.7 Å². The van der Waals surface area contributed by atoms with Gasteiger partial charge in [-0.25, -0.2) is 0 Å². The van der Waals surface area contributed by atoms with Crippen LogP contribution in [0.4, 0.5) is 0 Å². The highest BCUT2D eigenvalue weighted by Crippen LogP contribution is 2.33. The van der Waals surface area contributed by atoms with E-state index in [1.54, 1.807) is 5.06 Å². The van der Waals surface area contributed by atoms with E-state index in [0.29, 0.717) is 6.04 Å². The zero-order valence-electron chi connectivity index (χ0n) is 5.95. The van der Waals surface area contributed by atoms with Gasteiger partial charge in [-0.2, -0.15) is 0 Å². The van der Waals surface area contributed by atoms with Gasteiger partial charge in [0, 0.05) is 0 Å². The average molecular weight is 144 g/mol. The fourth-order valence-electron chi connectivity index (χ4n) is 2.13. The highest BCUT2D eigenvalue weighted by molar-refractivity contribution is 4.92. The predicted molar refractivity (Wildman–Crippen MR) is 37.5 cm³/mol. The summed E-state index contributed by atoms with van der Waals surface area (Å²) >= 11 is 0. The van der Waals surface area contributed by atoms with Crippen LogP contribution >= 0.6 is 0 Å². The molecule has 0 aromatic heterocycles. The second-order valence-electron chi connectivity index (χ2n) is 3.35. The lowest BCUT2D eigenvalue weighted by molar-refractivity contribution is -0.178. The predicted octanol–water partition coefficient (Wildman–Crippen LogP) is -0.386. The number of hydroxylamine groups is 2. The summed E-state index contributed by atoms with van der Waals surface area (Å²) in [6.45, 7) is 0. The van der Waals surface area contributed by atoms with Crippen molar-refractivity contribution in [3.8, 4) is 0 Å². The molecule has 0 saturated carbocycles. The Morgan fingerprint density at radius 2 is 1.90 bits per heavy atom. The number of nitrogens with zero attached hydrogens (tertiary/aromatic N) is 1. The second-order valence-corrected chi connectivity index (χ2v) is 3.35. The first-order chi connectivity index (χ1) is 4.79. The Balaban J connectivity index is 2.13. The van der Waals surface area contributed by atoms with Gasteiger partial charge >= 0.3 is 0 Å². The lowest BCUT2D eigenvalue weighted by Crippen LogP contribution is -2.45. The summed E-state index contributed by atoms with van der Waals surface area (Å²) < 4.78 is 0. The van der Waals surface area contributed by atoms with Gasteiger partial charge in [-0.15, -0.1) is 0 Å². The number of rotatable bonds is 0. The molecule has 2 rings (SSSR count). The van der Waals surface area contributed by atoms with Gasteiger partial charge < -0.3 is 10.3 Å². The van der Waals surface area contributed by atoms with Gasteiger partial charge in [0.05, 0.1) is 12.1 Å². The molecular formula is C7H14NO2+. The molecule has 0 amide bonds. The molecule has 3 heteroatoms. The minimum absolute atomic E-state index is 0.152. The van der Waals surface area contributed by atoms with Crippen LogP contribution in [-0.2, 0) is 0 Å². The third kappa shape index (κ3) is 0.779. The van der Waals surface area contributed by atoms with Crippen LogP contribution in [-0.4, -0.2) is 33.6 Å². The molecule has 3 unspecified atom stereocenters. The van der Waals surface area contributed by atoms with E-state index < -0.39 is 0 Å². The standard InChI is InChI=1S/C7H13NO2/c9-7-4-2-5-1-3-6(7)8(5)10/h5-7,9-10H,1-4H2/p+1. The van der Waals surface area contributed by atoms with Gasteiger partial charge in [0.1, 0.15) is 6.04 Å². The summed E-state index contributed by atoms with van der Waals surface area (Å²) in [7, 11) is 0. The summed E-state index contributed by atoms with van der Waals surface area (Å²) in [6.07, 6.45) is 3.84. The van der Waals surface area contributed by atoms with E-state index in [4.69, 9.17) is 5.21 Å². The first kappa shape index (κ1) is 6.58. The topological polar surface area (TPSA) is 46.4 Å². The quantitative estimate of drug-likeness (QED) is 0.471. The molecule has 0 aliphatic carbocycles. The molecule has 3 nitrogen and oxygen atoms in total. The van der Waals surface area contributed by atoms with Gasteiger partial charge in [0.15, 0.2) is 0 Å². The smallest absolute Gasteiger partial charge is 0.104 e. The van der Waals surface area contributed by atoms with Crippen LogP contribution in [0.5, 0.6) is 0 Å². The Hall–Kier alpha value is -0.120. The van der Waals surface area contributed by atoms with Crippen molar-refractivity contribution in [1.82, 2.24) is 5.06 Å². The van der Waals surface area contributed by atoms with Crippen molar-refractivity contribution in [2.24, 2.45) is 0 Å². The molecule has 2 heterocycles. The fourth-order valence-corrected chi connectivity index (χ4v) is 2.13. The average Bonchev–Trinajstić information content (AvgIpc) is 2.13. The van der Waals surface area contributed by atoms with Crippen LogP contribution in [0.15, 0.2) is 0 Å². The molecule has 3 N–H and O–H groups in total. The first-order valence-corrected chi connectivity index (χ1v) is 3.96. The number of aliphatic hydroxyl groups excluding tert-OH is 1. The van der Waals surface area contributed by atoms with E-state index in [1.807, 2.05) is 0 Å². The molecule has 0 aromatic carbocycles. The maximum atomic E-state index is 9.40. The Morgan fingerprint density at radius 1 is 1.20 bits per heavy atom. The molecular weight excluding hydrogens is 130 g/mol. The molecule has 2 fully saturated rings. The number of aliphatic hydroxyl groups is 1.